The summed E-state index contributed by atoms with van der Waals surface area (Å²) < 4.78 is 6.44. The van der Waals surface area contributed by atoms with Gasteiger partial charge in [0.2, 0.25) is 0 Å². The summed E-state index contributed by atoms with van der Waals surface area (Å²) in [6, 6.07) is 12.7. The first-order valence-electron chi connectivity index (χ1n) is 11.8. The molecule has 2 N–H and O–H groups in total. The van der Waals surface area contributed by atoms with Gasteiger partial charge in [-0.2, -0.15) is 5.10 Å². The van der Waals surface area contributed by atoms with Crippen LogP contribution in [0.2, 0.25) is 0 Å². The van der Waals surface area contributed by atoms with Crippen molar-refractivity contribution in [2.24, 2.45) is 0 Å². The number of ether oxygens (including phenoxy) is 1. The summed E-state index contributed by atoms with van der Waals surface area (Å²) in [5.41, 5.74) is 1.35. The van der Waals surface area contributed by atoms with Crippen LogP contribution < -0.4 is 0 Å². The van der Waals surface area contributed by atoms with E-state index in [1.165, 1.54) is 5.56 Å². The molecule has 5 rings (SSSR count). The van der Waals surface area contributed by atoms with E-state index in [1.807, 2.05) is 11.0 Å². The number of carbonyl (C=O) groups is 1. The van der Waals surface area contributed by atoms with Crippen LogP contribution in [-0.4, -0.2) is 57.0 Å². The summed E-state index contributed by atoms with van der Waals surface area (Å²) in [5.74, 6) is 0.678. The fourth-order valence-electron chi connectivity index (χ4n) is 5.47. The number of carbonyl (C=O) groups excluding carboxylic acids is 1. The van der Waals surface area contributed by atoms with E-state index >= 15 is 0 Å². The Kier molecular flexibility index (Phi) is 5.85. The number of nitrogens with one attached hydrogen (secondary N) is 1. The number of rotatable bonds is 6. The number of aromatic amines is 1. The van der Waals surface area contributed by atoms with Crippen LogP contribution in [0.25, 0.3) is 0 Å². The zero-order valence-electron chi connectivity index (χ0n) is 18.1. The number of nitrogens with zero attached hydrogens (tertiary/aromatic N) is 2. The van der Waals surface area contributed by atoms with Gasteiger partial charge in [0.05, 0.1) is 18.8 Å². The van der Waals surface area contributed by atoms with Crippen molar-refractivity contribution in [3.63, 3.8) is 0 Å². The molecule has 6 nitrogen and oxygen atoms in total. The molecule has 6 heteroatoms. The number of aliphatic hydroxyl groups is 1. The molecule has 1 amide bonds. The number of benzene rings is 1. The van der Waals surface area contributed by atoms with E-state index in [2.05, 4.69) is 40.5 Å². The van der Waals surface area contributed by atoms with Gasteiger partial charge in [0.25, 0.3) is 5.91 Å². The van der Waals surface area contributed by atoms with E-state index in [0.29, 0.717) is 31.9 Å². The van der Waals surface area contributed by atoms with Crippen molar-refractivity contribution in [3.8, 4) is 0 Å². The maximum atomic E-state index is 13.1. The van der Waals surface area contributed by atoms with Crippen molar-refractivity contribution in [3.05, 3.63) is 53.9 Å². The molecule has 3 fully saturated rings. The van der Waals surface area contributed by atoms with Crippen molar-refractivity contribution in [2.75, 3.05) is 13.2 Å². The van der Waals surface area contributed by atoms with Crippen molar-refractivity contribution < 1.29 is 14.6 Å². The number of amides is 1. The smallest absolute Gasteiger partial charge is 0.254 e. The molecule has 31 heavy (non-hydrogen) atoms. The van der Waals surface area contributed by atoms with E-state index in [-0.39, 0.29) is 24.0 Å². The molecule has 2 aliphatic carbocycles. The van der Waals surface area contributed by atoms with Gasteiger partial charge in [0.1, 0.15) is 5.60 Å². The van der Waals surface area contributed by atoms with Crippen molar-refractivity contribution in [2.45, 2.75) is 80.9 Å². The Labute approximate surface area is 184 Å². The van der Waals surface area contributed by atoms with Crippen LogP contribution in [0.1, 0.15) is 74.5 Å². The highest BCUT2D eigenvalue weighted by molar-refractivity contribution is 5.88. The van der Waals surface area contributed by atoms with Gasteiger partial charge in [-0.3, -0.25) is 9.89 Å². The van der Waals surface area contributed by atoms with Crippen LogP contribution in [0, 0.1) is 0 Å². The van der Waals surface area contributed by atoms with Gasteiger partial charge < -0.3 is 14.7 Å². The molecule has 1 aliphatic heterocycles. The molecule has 0 radical (unpaired) electrons. The summed E-state index contributed by atoms with van der Waals surface area (Å²) in [4.78, 5) is 15.0. The van der Waals surface area contributed by atoms with Crippen molar-refractivity contribution in [1.29, 1.82) is 0 Å². The molecular formula is C25H33N3O3. The second kappa shape index (κ2) is 8.75. The number of hydrogen-bond acceptors (Lipinski definition) is 4. The molecular weight excluding hydrogens is 390 g/mol. The van der Waals surface area contributed by atoms with E-state index in [9.17, 15) is 9.90 Å². The van der Waals surface area contributed by atoms with Crippen LogP contribution in [0.3, 0.4) is 0 Å². The minimum Gasteiger partial charge on any atom is -0.380 e. The van der Waals surface area contributed by atoms with Crippen LogP contribution in [0.5, 0.6) is 0 Å². The lowest BCUT2D eigenvalue weighted by Gasteiger charge is -2.42. The third-order valence-electron chi connectivity index (χ3n) is 7.53. The quantitative estimate of drug-likeness (QED) is 0.742. The first-order chi connectivity index (χ1) is 15.1. The van der Waals surface area contributed by atoms with Gasteiger partial charge in [-0.15, -0.1) is 0 Å². The highest BCUT2D eigenvalue weighted by Gasteiger charge is 2.52. The highest BCUT2D eigenvalue weighted by Crippen LogP contribution is 2.41. The molecule has 0 spiro atoms. The van der Waals surface area contributed by atoms with Crippen LogP contribution in [0.4, 0.5) is 0 Å². The average Bonchev–Trinajstić information content (AvgIpc) is 3.34. The van der Waals surface area contributed by atoms with Crippen LogP contribution in [0.15, 0.2) is 42.6 Å². The second-order valence-electron chi connectivity index (χ2n) is 9.58. The normalized spacial score (nSPS) is 30.2. The molecule has 1 saturated heterocycles. The Balaban J connectivity index is 1.24. The van der Waals surface area contributed by atoms with Gasteiger partial charge in [0.15, 0.2) is 0 Å². The minimum absolute atomic E-state index is 0.0572. The Bertz CT molecular complexity index is 857. The molecule has 1 aromatic heterocycles. The molecule has 2 heterocycles. The van der Waals surface area contributed by atoms with Crippen LogP contribution >= 0.6 is 0 Å². The lowest BCUT2D eigenvalue weighted by molar-refractivity contribution is -0.149. The lowest BCUT2D eigenvalue weighted by atomic mass is 9.82. The number of H-pyrrole nitrogens is 1. The topological polar surface area (TPSA) is 78.5 Å². The summed E-state index contributed by atoms with van der Waals surface area (Å²) in [6.07, 6.45) is 9.50. The third-order valence-corrected chi connectivity index (χ3v) is 7.53. The van der Waals surface area contributed by atoms with E-state index in [4.69, 9.17) is 4.74 Å². The fraction of sp³-hybridized carbons (Fsp3) is 0.600. The Morgan fingerprint density at radius 3 is 2.58 bits per heavy atom. The molecule has 2 atom stereocenters. The highest BCUT2D eigenvalue weighted by atomic mass is 16.5. The predicted octanol–water partition coefficient (Wildman–Crippen LogP) is 3.75. The van der Waals surface area contributed by atoms with Crippen LogP contribution in [-0.2, 0) is 9.53 Å². The summed E-state index contributed by atoms with van der Waals surface area (Å²) >= 11 is 0. The molecule has 166 valence electrons. The lowest BCUT2D eigenvalue weighted by Crippen LogP contribution is -2.54. The third kappa shape index (κ3) is 4.41. The predicted molar refractivity (Wildman–Crippen MR) is 118 cm³/mol. The average molecular weight is 424 g/mol. The van der Waals surface area contributed by atoms with E-state index < -0.39 is 5.60 Å². The minimum atomic E-state index is -1.14. The molecule has 2 saturated carbocycles. The SMILES string of the molecule is O=C(N1CCC[C@H](c2ccn[nH]2)C1COC1CCC(c2ccccc2)CC1)C1(O)CC1. The summed E-state index contributed by atoms with van der Waals surface area (Å²) in [6.45, 7) is 1.22. The first-order valence-corrected chi connectivity index (χ1v) is 11.8. The maximum Gasteiger partial charge on any atom is 0.254 e. The molecule has 3 aliphatic rings. The Morgan fingerprint density at radius 1 is 1.13 bits per heavy atom. The fourth-order valence-corrected chi connectivity index (χ4v) is 5.47. The van der Waals surface area contributed by atoms with Gasteiger partial charge in [-0.25, -0.2) is 0 Å². The molecule has 0 bridgehead atoms. The summed E-state index contributed by atoms with van der Waals surface area (Å²) in [7, 11) is 0. The van der Waals surface area contributed by atoms with Gasteiger partial charge in [-0.05, 0) is 68.9 Å². The van der Waals surface area contributed by atoms with Gasteiger partial charge in [0, 0.05) is 24.4 Å². The largest absolute Gasteiger partial charge is 0.380 e. The molecule has 1 aromatic carbocycles. The second-order valence-corrected chi connectivity index (χ2v) is 9.58. The zero-order chi connectivity index (χ0) is 21.3. The van der Waals surface area contributed by atoms with Crippen molar-refractivity contribution >= 4 is 5.91 Å². The number of hydrogen-bond donors (Lipinski definition) is 2. The Hall–Kier alpha value is -2.18. The Morgan fingerprint density at radius 2 is 1.90 bits per heavy atom. The molecule has 1 unspecified atom stereocenters. The maximum absolute atomic E-state index is 13.1. The van der Waals surface area contributed by atoms with Crippen molar-refractivity contribution in [1.82, 2.24) is 15.1 Å². The summed E-state index contributed by atoms with van der Waals surface area (Å²) in [5, 5.41) is 17.7. The van der Waals surface area contributed by atoms with Gasteiger partial charge >= 0.3 is 0 Å². The van der Waals surface area contributed by atoms with E-state index in [1.54, 1.807) is 6.20 Å². The number of likely N-dealkylation sites (tertiary alicyclic amines) is 1. The monoisotopic (exact) mass is 423 g/mol. The molecule has 2 aromatic rings. The number of aromatic nitrogens is 2. The number of piperidine rings is 1. The standard InChI is InChI=1S/C25H33N3O3/c29-24(25(30)13-14-25)28-16-4-7-21(22-12-15-26-27-22)23(28)17-31-20-10-8-19(9-11-20)18-5-2-1-3-6-18/h1-3,5-6,12,15,19-21,23,30H,4,7-11,13-14,16-17H2,(H,26,27)/t19?,20?,21-,23?/m1/s1. The van der Waals surface area contributed by atoms with E-state index in [0.717, 1.165) is 44.2 Å². The zero-order valence-corrected chi connectivity index (χ0v) is 18.1. The van der Waals surface area contributed by atoms with Gasteiger partial charge in [-0.1, -0.05) is 30.3 Å². The first kappa shape index (κ1) is 20.7.